The molecule has 1 aromatic rings. The van der Waals surface area contributed by atoms with Crippen LogP contribution in [-0.4, -0.2) is 19.3 Å². The van der Waals surface area contributed by atoms with Crippen LogP contribution in [0.2, 0.25) is 0 Å². The minimum Gasteiger partial charge on any atom is -0.376 e. The standard InChI is InChI=1S/C19H31NO/c1-4-12-20-19(18-9-7-8-13-21-18)17-14-15(5-2)10-11-16(17)6-3/h10-11,14,18-20H,4-9,12-13H2,1-3H3. The summed E-state index contributed by atoms with van der Waals surface area (Å²) >= 11 is 0. The topological polar surface area (TPSA) is 21.3 Å². The summed E-state index contributed by atoms with van der Waals surface area (Å²) in [5, 5.41) is 3.76. The Labute approximate surface area is 130 Å². The second-order valence-corrected chi connectivity index (χ2v) is 6.08. The van der Waals surface area contributed by atoms with Crippen molar-refractivity contribution in [1.82, 2.24) is 5.32 Å². The zero-order chi connectivity index (χ0) is 15.1. The Bertz CT molecular complexity index is 424. The molecule has 1 aromatic carbocycles. The molecule has 2 heteroatoms. The van der Waals surface area contributed by atoms with E-state index < -0.39 is 0 Å². The molecule has 21 heavy (non-hydrogen) atoms. The van der Waals surface area contributed by atoms with Crippen molar-refractivity contribution in [2.75, 3.05) is 13.2 Å². The molecule has 1 aliphatic rings. The minimum absolute atomic E-state index is 0.336. The molecule has 2 unspecified atom stereocenters. The average molecular weight is 289 g/mol. The quantitative estimate of drug-likeness (QED) is 0.802. The van der Waals surface area contributed by atoms with Crippen molar-refractivity contribution < 1.29 is 4.74 Å². The number of benzene rings is 1. The van der Waals surface area contributed by atoms with Gasteiger partial charge in [0.15, 0.2) is 0 Å². The summed E-state index contributed by atoms with van der Waals surface area (Å²) in [6, 6.07) is 7.36. The van der Waals surface area contributed by atoms with Gasteiger partial charge in [0.25, 0.3) is 0 Å². The third-order valence-corrected chi connectivity index (χ3v) is 4.54. The molecule has 0 amide bonds. The van der Waals surface area contributed by atoms with Crippen LogP contribution in [0.1, 0.15) is 69.2 Å². The molecule has 1 N–H and O–H groups in total. The van der Waals surface area contributed by atoms with E-state index in [1.54, 1.807) is 0 Å². The van der Waals surface area contributed by atoms with Gasteiger partial charge < -0.3 is 10.1 Å². The van der Waals surface area contributed by atoms with Crippen molar-refractivity contribution in [1.29, 1.82) is 0 Å². The second-order valence-electron chi connectivity index (χ2n) is 6.08. The van der Waals surface area contributed by atoms with Gasteiger partial charge in [-0.2, -0.15) is 0 Å². The molecule has 1 fully saturated rings. The lowest BCUT2D eigenvalue weighted by atomic mass is 9.89. The van der Waals surface area contributed by atoms with Crippen molar-refractivity contribution in [3.05, 3.63) is 34.9 Å². The van der Waals surface area contributed by atoms with Crippen LogP contribution in [0.4, 0.5) is 0 Å². The van der Waals surface area contributed by atoms with Crippen LogP contribution < -0.4 is 5.32 Å². The normalized spacial score (nSPS) is 20.4. The third-order valence-electron chi connectivity index (χ3n) is 4.54. The average Bonchev–Trinajstić information content (AvgIpc) is 2.56. The molecule has 0 aromatic heterocycles. The van der Waals surface area contributed by atoms with Crippen LogP contribution in [0, 0.1) is 0 Å². The van der Waals surface area contributed by atoms with Gasteiger partial charge in [-0.25, -0.2) is 0 Å². The molecule has 0 saturated carbocycles. The molecule has 0 aliphatic carbocycles. The summed E-state index contributed by atoms with van der Waals surface area (Å²) in [4.78, 5) is 0. The SMILES string of the molecule is CCCNC(c1cc(CC)ccc1CC)C1CCCCO1. The van der Waals surface area contributed by atoms with Gasteiger partial charge >= 0.3 is 0 Å². The number of rotatable bonds is 7. The van der Waals surface area contributed by atoms with Gasteiger partial charge in [-0.3, -0.25) is 0 Å². The number of ether oxygens (including phenoxy) is 1. The largest absolute Gasteiger partial charge is 0.376 e. The molecule has 0 spiro atoms. The van der Waals surface area contributed by atoms with Crippen LogP contribution in [0.25, 0.3) is 0 Å². The fourth-order valence-corrected chi connectivity index (χ4v) is 3.25. The van der Waals surface area contributed by atoms with Gasteiger partial charge in [-0.05, 0) is 61.8 Å². The fraction of sp³-hybridized carbons (Fsp3) is 0.684. The first-order chi connectivity index (χ1) is 10.3. The summed E-state index contributed by atoms with van der Waals surface area (Å²) in [6.07, 6.45) is 7.39. The van der Waals surface area contributed by atoms with E-state index in [2.05, 4.69) is 44.3 Å². The maximum Gasteiger partial charge on any atom is 0.0769 e. The highest BCUT2D eigenvalue weighted by Gasteiger charge is 2.27. The van der Waals surface area contributed by atoms with Crippen molar-refractivity contribution in [3.63, 3.8) is 0 Å². The highest BCUT2D eigenvalue weighted by atomic mass is 16.5. The summed E-state index contributed by atoms with van der Waals surface area (Å²) < 4.78 is 6.10. The first-order valence-electron chi connectivity index (χ1n) is 8.76. The molecule has 0 bridgehead atoms. The van der Waals surface area contributed by atoms with Crippen molar-refractivity contribution in [2.24, 2.45) is 0 Å². The minimum atomic E-state index is 0.336. The Hall–Kier alpha value is -0.860. The van der Waals surface area contributed by atoms with Gasteiger partial charge in [0.1, 0.15) is 0 Å². The molecule has 2 atom stereocenters. The Kier molecular flexibility index (Phi) is 6.72. The number of hydrogen-bond donors (Lipinski definition) is 1. The molecular weight excluding hydrogens is 258 g/mol. The predicted octanol–water partition coefficient (Wildman–Crippen LogP) is 4.42. The highest BCUT2D eigenvalue weighted by molar-refractivity contribution is 5.35. The van der Waals surface area contributed by atoms with Crippen molar-refractivity contribution >= 4 is 0 Å². The molecule has 1 heterocycles. The Balaban J connectivity index is 2.29. The Morgan fingerprint density at radius 2 is 2.05 bits per heavy atom. The fourth-order valence-electron chi connectivity index (χ4n) is 3.25. The Morgan fingerprint density at radius 3 is 2.67 bits per heavy atom. The van der Waals surface area contributed by atoms with E-state index in [-0.39, 0.29) is 0 Å². The first kappa shape index (κ1) is 16.5. The predicted molar refractivity (Wildman–Crippen MR) is 89.8 cm³/mol. The van der Waals surface area contributed by atoms with Gasteiger partial charge in [-0.1, -0.05) is 39.0 Å². The molecule has 118 valence electrons. The summed E-state index contributed by atoms with van der Waals surface area (Å²) in [7, 11) is 0. The van der Waals surface area contributed by atoms with Gasteiger partial charge in [0, 0.05) is 6.61 Å². The lowest BCUT2D eigenvalue weighted by Gasteiger charge is -2.33. The van der Waals surface area contributed by atoms with E-state index in [0.29, 0.717) is 12.1 Å². The molecule has 2 nitrogen and oxygen atoms in total. The number of aryl methyl sites for hydroxylation is 2. The summed E-state index contributed by atoms with van der Waals surface area (Å²) in [5.41, 5.74) is 4.37. The molecule has 0 radical (unpaired) electrons. The van der Waals surface area contributed by atoms with Gasteiger partial charge in [0.05, 0.1) is 12.1 Å². The number of nitrogens with one attached hydrogen (secondary N) is 1. The third kappa shape index (κ3) is 4.31. The van der Waals surface area contributed by atoms with E-state index >= 15 is 0 Å². The zero-order valence-electron chi connectivity index (χ0n) is 14.0. The van der Waals surface area contributed by atoms with E-state index in [4.69, 9.17) is 4.74 Å². The van der Waals surface area contributed by atoms with E-state index in [1.165, 1.54) is 36.0 Å². The van der Waals surface area contributed by atoms with Crippen molar-refractivity contribution in [3.8, 4) is 0 Å². The van der Waals surface area contributed by atoms with E-state index in [9.17, 15) is 0 Å². The van der Waals surface area contributed by atoms with Crippen molar-refractivity contribution in [2.45, 2.75) is 71.4 Å². The molecule has 1 saturated heterocycles. The lowest BCUT2D eigenvalue weighted by Crippen LogP contribution is -2.37. The second kappa shape index (κ2) is 8.55. The summed E-state index contributed by atoms with van der Waals surface area (Å²) in [6.45, 7) is 8.70. The summed E-state index contributed by atoms with van der Waals surface area (Å²) in [5.74, 6) is 0. The molecule has 1 aliphatic heterocycles. The molecule has 2 rings (SSSR count). The van der Waals surface area contributed by atoms with Gasteiger partial charge in [-0.15, -0.1) is 0 Å². The number of hydrogen-bond acceptors (Lipinski definition) is 2. The monoisotopic (exact) mass is 289 g/mol. The van der Waals surface area contributed by atoms with E-state index in [1.807, 2.05) is 0 Å². The van der Waals surface area contributed by atoms with Crippen LogP contribution in [-0.2, 0) is 17.6 Å². The van der Waals surface area contributed by atoms with Crippen LogP contribution in [0.15, 0.2) is 18.2 Å². The highest BCUT2D eigenvalue weighted by Crippen LogP contribution is 2.30. The van der Waals surface area contributed by atoms with Crippen LogP contribution in [0.3, 0.4) is 0 Å². The first-order valence-corrected chi connectivity index (χ1v) is 8.76. The molecular formula is C19H31NO. The smallest absolute Gasteiger partial charge is 0.0769 e. The van der Waals surface area contributed by atoms with Gasteiger partial charge in [0.2, 0.25) is 0 Å². The Morgan fingerprint density at radius 1 is 1.19 bits per heavy atom. The maximum absolute atomic E-state index is 6.10. The maximum atomic E-state index is 6.10. The van der Waals surface area contributed by atoms with Crippen LogP contribution >= 0.6 is 0 Å². The lowest BCUT2D eigenvalue weighted by molar-refractivity contribution is -0.00833. The zero-order valence-corrected chi connectivity index (χ0v) is 14.0. The van der Waals surface area contributed by atoms with Crippen LogP contribution in [0.5, 0.6) is 0 Å². The van der Waals surface area contributed by atoms with E-state index in [0.717, 1.165) is 32.4 Å².